The Morgan fingerprint density at radius 1 is 1.05 bits per heavy atom. The Morgan fingerprint density at radius 3 is 2.53 bits per heavy atom. The second-order valence-corrected chi connectivity index (χ2v) is 10.4. The number of nitrogens with one attached hydrogen (secondary N) is 2. The van der Waals surface area contributed by atoms with Crippen molar-refractivity contribution in [1.29, 1.82) is 0 Å². The van der Waals surface area contributed by atoms with Crippen LogP contribution in [-0.2, 0) is 4.79 Å². The van der Waals surface area contributed by atoms with Crippen molar-refractivity contribution in [3.63, 3.8) is 0 Å². The number of fused-ring (bicyclic) bond motifs is 1. The molecule has 1 saturated heterocycles. The van der Waals surface area contributed by atoms with E-state index in [-0.39, 0.29) is 25.0 Å². The minimum atomic E-state index is -4.51. The van der Waals surface area contributed by atoms with Crippen molar-refractivity contribution in [1.82, 2.24) is 34.7 Å². The van der Waals surface area contributed by atoms with Gasteiger partial charge in [0.1, 0.15) is 18.6 Å². The molecule has 0 spiro atoms. The molecule has 1 aliphatic rings. The summed E-state index contributed by atoms with van der Waals surface area (Å²) in [7, 11) is 0. The van der Waals surface area contributed by atoms with Crippen LogP contribution in [0.1, 0.15) is 31.9 Å². The highest BCUT2D eigenvalue weighted by atomic mass is 19.4. The monoisotopic (exact) mass is 604 g/mol. The lowest BCUT2D eigenvalue weighted by atomic mass is 10.1. The van der Waals surface area contributed by atoms with Crippen molar-refractivity contribution in [2.24, 2.45) is 0 Å². The van der Waals surface area contributed by atoms with E-state index >= 15 is 0 Å². The number of imidazole rings is 1. The molecule has 3 aromatic heterocycles. The molecule has 10 nitrogen and oxygen atoms in total. The summed E-state index contributed by atoms with van der Waals surface area (Å²) in [4.78, 5) is 35.5. The molecular weight excluding hydrogens is 575 g/mol. The van der Waals surface area contributed by atoms with Gasteiger partial charge in [-0.05, 0) is 36.8 Å². The average Bonchev–Trinajstić information content (AvgIpc) is 3.36. The fourth-order valence-electron chi connectivity index (χ4n) is 4.75. The Balaban J connectivity index is 1.23. The number of pyridine rings is 1. The molecule has 1 amide bonds. The lowest BCUT2D eigenvalue weighted by Crippen LogP contribution is -2.50. The number of alkyl halides is 5. The molecule has 2 N–H and O–H groups in total. The van der Waals surface area contributed by atoms with E-state index in [0.29, 0.717) is 47.1 Å². The SMILES string of the molecule is CC(c1ccnc(Nc2nc3ccc(-c4cc(OCC(C)(F)F)ncn4)cc3[nH]2)c1)N1CCN(C(=O)CC(F)(F)F)CC1. The van der Waals surface area contributed by atoms with Gasteiger partial charge in [-0.1, -0.05) is 6.07 Å². The van der Waals surface area contributed by atoms with Gasteiger partial charge in [-0.3, -0.25) is 9.69 Å². The molecule has 43 heavy (non-hydrogen) atoms. The number of ether oxygens (including phenoxy) is 1. The number of piperazine rings is 1. The number of rotatable bonds is 9. The third-order valence-corrected chi connectivity index (χ3v) is 6.97. The van der Waals surface area contributed by atoms with Crippen molar-refractivity contribution in [2.45, 2.75) is 38.4 Å². The molecule has 4 aromatic rings. The predicted octanol–water partition coefficient (Wildman–Crippen LogP) is 5.35. The van der Waals surface area contributed by atoms with E-state index in [9.17, 15) is 26.7 Å². The summed E-state index contributed by atoms with van der Waals surface area (Å²) in [5.41, 5.74) is 3.50. The summed E-state index contributed by atoms with van der Waals surface area (Å²) in [5.74, 6) is -2.88. The summed E-state index contributed by atoms with van der Waals surface area (Å²) >= 11 is 0. The number of H-pyrrole nitrogens is 1. The number of anilines is 2. The Bertz CT molecular complexity index is 1580. The van der Waals surface area contributed by atoms with Crippen molar-refractivity contribution in [3.8, 4) is 17.1 Å². The summed E-state index contributed by atoms with van der Waals surface area (Å²) in [5, 5.41) is 3.16. The number of halogens is 5. The van der Waals surface area contributed by atoms with Crippen LogP contribution < -0.4 is 10.1 Å². The Morgan fingerprint density at radius 2 is 1.81 bits per heavy atom. The number of hydrogen-bond acceptors (Lipinski definition) is 8. The average molecular weight is 605 g/mol. The maximum Gasteiger partial charge on any atom is 0.397 e. The van der Waals surface area contributed by atoms with Crippen LogP contribution in [0.4, 0.5) is 33.7 Å². The van der Waals surface area contributed by atoms with Gasteiger partial charge in [0.05, 0.1) is 16.7 Å². The van der Waals surface area contributed by atoms with E-state index in [1.165, 1.54) is 17.3 Å². The second-order valence-electron chi connectivity index (χ2n) is 10.4. The van der Waals surface area contributed by atoms with Crippen LogP contribution in [0, 0.1) is 0 Å². The standard InChI is InChI=1S/C28H29F5N8O2/c1-17(40-7-9-41(10-8-40)25(42)14-28(31,32)33)18-5-6-34-23(12-18)39-26-37-20-4-3-19(11-22(20)38-26)21-13-24(36-16-35-21)43-15-27(2,29)30/h3-6,11-13,16-17H,7-10,14-15H2,1-2H3,(H2,34,37,38,39). The maximum absolute atomic E-state index is 13.2. The number of hydrogen-bond donors (Lipinski definition) is 2. The van der Waals surface area contributed by atoms with E-state index in [4.69, 9.17) is 4.74 Å². The number of carbonyl (C=O) groups is 1. The number of carbonyl (C=O) groups excluding carboxylic acids is 1. The van der Waals surface area contributed by atoms with Gasteiger partial charge < -0.3 is 19.9 Å². The zero-order valence-electron chi connectivity index (χ0n) is 23.3. The molecule has 0 radical (unpaired) electrons. The fraction of sp³-hybridized carbons (Fsp3) is 0.393. The van der Waals surface area contributed by atoms with Crippen LogP contribution in [-0.4, -0.2) is 85.5 Å². The maximum atomic E-state index is 13.2. The first-order valence-corrected chi connectivity index (χ1v) is 13.5. The van der Waals surface area contributed by atoms with Gasteiger partial charge in [-0.25, -0.2) is 28.7 Å². The first-order chi connectivity index (χ1) is 20.3. The first kappa shape index (κ1) is 30.1. The van der Waals surface area contributed by atoms with Crippen molar-refractivity contribution in [2.75, 3.05) is 38.1 Å². The second kappa shape index (κ2) is 12.1. The van der Waals surface area contributed by atoms with Gasteiger partial charge in [0.25, 0.3) is 5.92 Å². The molecule has 0 aliphatic carbocycles. The largest absolute Gasteiger partial charge is 0.471 e. The minimum Gasteiger partial charge on any atom is -0.471 e. The van der Waals surface area contributed by atoms with Crippen LogP contribution in [0.3, 0.4) is 0 Å². The first-order valence-electron chi connectivity index (χ1n) is 13.5. The zero-order chi connectivity index (χ0) is 30.8. The molecule has 0 saturated carbocycles. The molecule has 1 fully saturated rings. The Hall–Kier alpha value is -4.40. The molecule has 1 aliphatic heterocycles. The van der Waals surface area contributed by atoms with Crippen molar-refractivity contribution in [3.05, 3.63) is 54.5 Å². The highest BCUT2D eigenvalue weighted by molar-refractivity contribution is 5.83. The van der Waals surface area contributed by atoms with Gasteiger partial charge in [0.2, 0.25) is 17.7 Å². The third kappa shape index (κ3) is 7.91. The van der Waals surface area contributed by atoms with E-state index in [1.54, 1.807) is 18.3 Å². The molecule has 1 unspecified atom stereocenters. The van der Waals surface area contributed by atoms with Gasteiger partial charge in [-0.15, -0.1) is 0 Å². The Kier molecular flexibility index (Phi) is 8.44. The highest BCUT2D eigenvalue weighted by Crippen LogP contribution is 2.28. The molecule has 1 atom stereocenters. The topological polar surface area (TPSA) is 112 Å². The van der Waals surface area contributed by atoms with Gasteiger partial charge in [0, 0.05) is 57.0 Å². The lowest BCUT2D eigenvalue weighted by molar-refractivity contribution is -0.162. The molecule has 5 rings (SSSR count). The molecule has 1 aromatic carbocycles. The minimum absolute atomic E-state index is 0.0376. The Labute approximate surface area is 243 Å². The highest BCUT2D eigenvalue weighted by Gasteiger charge is 2.35. The van der Waals surface area contributed by atoms with E-state index in [1.807, 2.05) is 25.1 Å². The quantitative estimate of drug-likeness (QED) is 0.246. The van der Waals surface area contributed by atoms with E-state index < -0.39 is 31.0 Å². The summed E-state index contributed by atoms with van der Waals surface area (Å²) in [6.45, 7) is 3.32. The third-order valence-electron chi connectivity index (χ3n) is 6.97. The van der Waals surface area contributed by atoms with Gasteiger partial charge >= 0.3 is 6.18 Å². The number of amides is 1. The van der Waals surface area contributed by atoms with Gasteiger partial charge in [-0.2, -0.15) is 13.2 Å². The van der Waals surface area contributed by atoms with E-state index in [2.05, 4.69) is 35.1 Å². The number of benzene rings is 1. The van der Waals surface area contributed by atoms with Crippen LogP contribution in [0.2, 0.25) is 0 Å². The number of aromatic nitrogens is 5. The molecule has 0 bridgehead atoms. The van der Waals surface area contributed by atoms with Crippen molar-refractivity contribution < 1.29 is 31.5 Å². The summed E-state index contributed by atoms with van der Waals surface area (Å²) in [6, 6.07) is 10.6. The van der Waals surface area contributed by atoms with Crippen molar-refractivity contribution >= 4 is 28.7 Å². The van der Waals surface area contributed by atoms with Crippen LogP contribution in [0.5, 0.6) is 5.88 Å². The normalized spacial score (nSPS) is 15.5. The smallest absolute Gasteiger partial charge is 0.397 e. The molecule has 228 valence electrons. The molecule has 4 heterocycles. The predicted molar refractivity (Wildman–Crippen MR) is 148 cm³/mol. The van der Waals surface area contributed by atoms with Crippen LogP contribution >= 0.6 is 0 Å². The fourth-order valence-corrected chi connectivity index (χ4v) is 4.75. The van der Waals surface area contributed by atoms with Crippen LogP contribution in [0.15, 0.2) is 48.9 Å². The number of aromatic amines is 1. The zero-order valence-corrected chi connectivity index (χ0v) is 23.3. The number of nitrogens with zero attached hydrogens (tertiary/aromatic N) is 6. The lowest BCUT2D eigenvalue weighted by Gasteiger charge is -2.38. The summed E-state index contributed by atoms with van der Waals surface area (Å²) in [6.07, 6.45) is -3.06. The van der Waals surface area contributed by atoms with Crippen LogP contribution in [0.25, 0.3) is 22.3 Å². The van der Waals surface area contributed by atoms with E-state index in [0.717, 1.165) is 12.5 Å². The molecule has 15 heteroatoms. The summed E-state index contributed by atoms with van der Waals surface area (Å²) < 4.78 is 69.2. The molecular formula is C28H29F5N8O2. The van der Waals surface area contributed by atoms with Gasteiger partial charge in [0.15, 0.2) is 6.61 Å².